The summed E-state index contributed by atoms with van der Waals surface area (Å²) < 4.78 is 5.62. The van der Waals surface area contributed by atoms with Crippen molar-refractivity contribution < 1.29 is 9.53 Å². The molecule has 4 heterocycles. The molecule has 0 spiro atoms. The Bertz CT molecular complexity index is 832. The Hall–Kier alpha value is -2.43. The van der Waals surface area contributed by atoms with E-state index in [0.29, 0.717) is 33.3 Å². The number of hydrogen-bond acceptors (Lipinski definition) is 6. The maximum Gasteiger partial charge on any atom is 0.279 e. The van der Waals surface area contributed by atoms with E-state index < -0.39 is 0 Å². The number of rotatable bonds is 4. The number of carbonyl (C=O) groups excluding carboxylic acids is 1. The molecule has 0 unspecified atom stereocenters. The largest absolute Gasteiger partial charge is 0.431 e. The monoisotopic (exact) mass is 368 g/mol. The summed E-state index contributed by atoms with van der Waals surface area (Å²) in [4.78, 5) is 19.6. The topological polar surface area (TPSA) is 78.2 Å². The SMILES string of the molecule is C[C@H]1[C@H](NC(=O)c2ccc(Oc3ncc(C#N)s3)cc2)C2CCN1CC2. The fraction of sp³-hybridized carbons (Fsp3) is 0.421. The van der Waals surface area contributed by atoms with Gasteiger partial charge < -0.3 is 10.1 Å². The van der Waals surface area contributed by atoms with Crippen LogP contribution < -0.4 is 10.1 Å². The van der Waals surface area contributed by atoms with Gasteiger partial charge in [0.2, 0.25) is 0 Å². The number of ether oxygens (including phenoxy) is 1. The van der Waals surface area contributed by atoms with Crippen LogP contribution in [0.2, 0.25) is 0 Å². The predicted octanol–water partition coefficient (Wildman–Crippen LogP) is 3.02. The van der Waals surface area contributed by atoms with Crippen LogP contribution in [0, 0.1) is 17.2 Å². The van der Waals surface area contributed by atoms with Gasteiger partial charge in [-0.15, -0.1) is 0 Å². The second kappa shape index (κ2) is 7.06. The fourth-order valence-corrected chi connectivity index (χ4v) is 4.49. The summed E-state index contributed by atoms with van der Waals surface area (Å²) in [7, 11) is 0. The molecule has 3 fully saturated rings. The Kier molecular flexibility index (Phi) is 4.62. The number of nitrogens with one attached hydrogen (secondary N) is 1. The van der Waals surface area contributed by atoms with Gasteiger partial charge in [0.1, 0.15) is 16.7 Å². The first-order valence-corrected chi connectivity index (χ1v) is 9.64. The van der Waals surface area contributed by atoms with Gasteiger partial charge in [0, 0.05) is 17.6 Å². The molecule has 3 saturated heterocycles. The maximum absolute atomic E-state index is 12.6. The van der Waals surface area contributed by atoms with Crippen molar-refractivity contribution in [2.75, 3.05) is 13.1 Å². The summed E-state index contributed by atoms with van der Waals surface area (Å²) in [6.45, 7) is 4.50. The third kappa shape index (κ3) is 3.30. The highest BCUT2D eigenvalue weighted by molar-refractivity contribution is 7.13. The average molecular weight is 368 g/mol. The summed E-state index contributed by atoms with van der Waals surface area (Å²) in [5.74, 6) is 1.14. The van der Waals surface area contributed by atoms with Crippen molar-refractivity contribution in [3.05, 3.63) is 40.9 Å². The molecule has 1 aromatic heterocycles. The van der Waals surface area contributed by atoms with Crippen LogP contribution in [0.1, 0.15) is 35.0 Å². The molecule has 1 N–H and O–H groups in total. The zero-order chi connectivity index (χ0) is 18.1. The highest BCUT2D eigenvalue weighted by Gasteiger charge is 2.40. The van der Waals surface area contributed by atoms with Gasteiger partial charge in [-0.3, -0.25) is 9.69 Å². The van der Waals surface area contributed by atoms with E-state index in [-0.39, 0.29) is 11.9 Å². The van der Waals surface area contributed by atoms with E-state index in [0.717, 1.165) is 13.1 Å². The van der Waals surface area contributed by atoms with Gasteiger partial charge in [-0.1, -0.05) is 11.3 Å². The molecule has 1 aromatic carbocycles. The van der Waals surface area contributed by atoms with Crippen LogP contribution in [0.5, 0.6) is 10.9 Å². The van der Waals surface area contributed by atoms with Crippen molar-refractivity contribution in [3.63, 3.8) is 0 Å². The van der Waals surface area contributed by atoms with Crippen LogP contribution in [-0.2, 0) is 0 Å². The van der Waals surface area contributed by atoms with Crippen LogP contribution in [0.25, 0.3) is 0 Å². The first-order valence-electron chi connectivity index (χ1n) is 8.83. The summed E-state index contributed by atoms with van der Waals surface area (Å²) in [5.41, 5.74) is 0.623. The second-order valence-corrected chi connectivity index (χ2v) is 7.84. The smallest absolute Gasteiger partial charge is 0.279 e. The molecule has 0 saturated carbocycles. The molecular weight excluding hydrogens is 348 g/mol. The van der Waals surface area contributed by atoms with Gasteiger partial charge >= 0.3 is 0 Å². The summed E-state index contributed by atoms with van der Waals surface area (Å²) in [6.07, 6.45) is 3.82. The Morgan fingerprint density at radius 1 is 1.35 bits per heavy atom. The van der Waals surface area contributed by atoms with E-state index in [4.69, 9.17) is 10.00 Å². The van der Waals surface area contributed by atoms with Gasteiger partial charge in [-0.2, -0.15) is 5.26 Å². The molecule has 6 nitrogen and oxygen atoms in total. The van der Waals surface area contributed by atoms with Gasteiger partial charge in [0.25, 0.3) is 11.1 Å². The van der Waals surface area contributed by atoms with Gasteiger partial charge in [-0.05, 0) is 63.0 Å². The van der Waals surface area contributed by atoms with Crippen LogP contribution in [0.3, 0.4) is 0 Å². The Morgan fingerprint density at radius 2 is 2.08 bits per heavy atom. The first kappa shape index (κ1) is 17.0. The molecule has 26 heavy (non-hydrogen) atoms. The summed E-state index contributed by atoms with van der Waals surface area (Å²) in [6, 6.07) is 9.67. The lowest BCUT2D eigenvalue weighted by Crippen LogP contribution is -2.62. The number of piperidine rings is 3. The van der Waals surface area contributed by atoms with Crippen molar-refractivity contribution in [3.8, 4) is 17.0 Å². The van der Waals surface area contributed by atoms with Crippen LogP contribution >= 0.6 is 11.3 Å². The first-order chi connectivity index (χ1) is 12.6. The maximum atomic E-state index is 12.6. The molecule has 3 aliphatic heterocycles. The van der Waals surface area contributed by atoms with E-state index in [2.05, 4.69) is 22.1 Å². The molecule has 2 bridgehead atoms. The molecular formula is C19H20N4O2S. The van der Waals surface area contributed by atoms with Gasteiger partial charge in [0.15, 0.2) is 0 Å². The standard InChI is InChI=1S/C19H20N4O2S/c1-12-17(13-6-8-23(12)9-7-13)22-18(24)14-2-4-15(5-3-14)25-19-21-11-16(10-20)26-19/h2-5,11-13,17H,6-9H2,1H3,(H,22,24)/t12-,17-/m0/s1. The third-order valence-corrected chi connectivity index (χ3v) is 6.17. The van der Waals surface area contributed by atoms with E-state index in [9.17, 15) is 4.79 Å². The Labute approximate surface area is 156 Å². The number of nitriles is 1. The second-order valence-electron chi connectivity index (χ2n) is 6.84. The minimum Gasteiger partial charge on any atom is -0.431 e. The summed E-state index contributed by atoms with van der Waals surface area (Å²) >= 11 is 1.19. The lowest BCUT2D eigenvalue weighted by molar-refractivity contribution is 0.0217. The zero-order valence-electron chi connectivity index (χ0n) is 14.5. The highest BCUT2D eigenvalue weighted by Crippen LogP contribution is 2.32. The molecule has 2 aromatic rings. The van der Waals surface area contributed by atoms with Gasteiger partial charge in [0.05, 0.1) is 6.20 Å². The van der Waals surface area contributed by atoms with Crippen molar-refractivity contribution >= 4 is 17.2 Å². The molecule has 5 rings (SSSR count). The minimum absolute atomic E-state index is 0.0387. The fourth-order valence-electron chi connectivity index (χ4n) is 3.91. The van der Waals surface area contributed by atoms with E-state index in [1.54, 1.807) is 24.3 Å². The third-order valence-electron chi connectivity index (χ3n) is 5.39. The van der Waals surface area contributed by atoms with Crippen LogP contribution in [0.15, 0.2) is 30.5 Å². The zero-order valence-corrected chi connectivity index (χ0v) is 15.3. The molecule has 3 aliphatic rings. The van der Waals surface area contributed by atoms with Crippen LogP contribution in [-0.4, -0.2) is 41.0 Å². The molecule has 134 valence electrons. The van der Waals surface area contributed by atoms with Crippen molar-refractivity contribution in [2.24, 2.45) is 5.92 Å². The number of nitrogens with zero attached hydrogens (tertiary/aromatic N) is 3. The molecule has 0 radical (unpaired) electrons. The number of hydrogen-bond donors (Lipinski definition) is 1. The van der Waals surface area contributed by atoms with E-state index >= 15 is 0 Å². The Morgan fingerprint density at radius 3 is 2.69 bits per heavy atom. The summed E-state index contributed by atoms with van der Waals surface area (Å²) in [5, 5.41) is 12.5. The van der Waals surface area contributed by atoms with Crippen molar-refractivity contribution in [2.45, 2.75) is 31.8 Å². The Balaban J connectivity index is 1.40. The molecule has 1 amide bonds. The van der Waals surface area contributed by atoms with Gasteiger partial charge in [-0.25, -0.2) is 4.98 Å². The highest BCUT2D eigenvalue weighted by atomic mass is 32.1. The van der Waals surface area contributed by atoms with Crippen molar-refractivity contribution in [1.29, 1.82) is 5.26 Å². The molecule has 2 atom stereocenters. The quantitative estimate of drug-likeness (QED) is 0.897. The molecule has 0 aliphatic carbocycles. The number of carbonyl (C=O) groups is 1. The van der Waals surface area contributed by atoms with Crippen LogP contribution in [0.4, 0.5) is 0 Å². The number of benzene rings is 1. The number of thiazole rings is 1. The van der Waals surface area contributed by atoms with Crippen molar-refractivity contribution in [1.82, 2.24) is 15.2 Å². The lowest BCUT2D eigenvalue weighted by atomic mass is 9.79. The number of amides is 1. The predicted molar refractivity (Wildman–Crippen MR) is 98.4 cm³/mol. The number of fused-ring (bicyclic) bond motifs is 3. The van der Waals surface area contributed by atoms with E-state index in [1.807, 2.05) is 6.07 Å². The number of aromatic nitrogens is 1. The normalized spacial score (nSPS) is 26.9. The average Bonchev–Trinajstić information content (AvgIpc) is 3.13. The molecule has 7 heteroatoms. The van der Waals surface area contributed by atoms with E-state index in [1.165, 1.54) is 30.4 Å². The lowest BCUT2D eigenvalue weighted by Gasteiger charge is -2.49. The minimum atomic E-state index is -0.0387.